The smallest absolute Gasteiger partial charge is 0.306 e. The summed E-state index contributed by atoms with van der Waals surface area (Å²) in [4.78, 5) is 10.8. The molecule has 2 atom stereocenters. The molecule has 2 N–H and O–H groups in total. The number of hydrogen-bond acceptors (Lipinski definition) is 2. The predicted octanol–water partition coefficient (Wildman–Crippen LogP) is 1.88. The van der Waals surface area contributed by atoms with Gasteiger partial charge in [0.2, 0.25) is 0 Å². The molecule has 14 heavy (non-hydrogen) atoms. The molecule has 1 aliphatic heterocycles. The van der Waals surface area contributed by atoms with Crippen molar-refractivity contribution in [3.05, 3.63) is 0 Å². The quantitative estimate of drug-likeness (QED) is 0.714. The van der Waals surface area contributed by atoms with Crippen molar-refractivity contribution in [1.82, 2.24) is 5.32 Å². The summed E-state index contributed by atoms with van der Waals surface area (Å²) in [7, 11) is 0. The molecule has 0 bridgehead atoms. The van der Waals surface area contributed by atoms with Crippen LogP contribution in [0.4, 0.5) is 0 Å². The van der Waals surface area contributed by atoms with Gasteiger partial charge < -0.3 is 10.4 Å². The van der Waals surface area contributed by atoms with Crippen molar-refractivity contribution in [2.75, 3.05) is 6.54 Å². The van der Waals surface area contributed by atoms with Crippen LogP contribution in [0, 0.1) is 11.3 Å². The van der Waals surface area contributed by atoms with E-state index in [1.165, 1.54) is 0 Å². The first-order valence-corrected chi connectivity index (χ1v) is 5.35. The monoisotopic (exact) mass is 199 g/mol. The van der Waals surface area contributed by atoms with Gasteiger partial charge in [0.1, 0.15) is 0 Å². The number of nitrogens with one attached hydrogen (secondary N) is 1. The van der Waals surface area contributed by atoms with Crippen LogP contribution >= 0.6 is 0 Å². The Hall–Kier alpha value is -0.570. The molecule has 2 unspecified atom stereocenters. The van der Waals surface area contributed by atoms with Gasteiger partial charge >= 0.3 is 5.97 Å². The average Bonchev–Trinajstić information content (AvgIpc) is 2.01. The van der Waals surface area contributed by atoms with E-state index in [0.29, 0.717) is 6.04 Å². The fraction of sp³-hybridized carbons (Fsp3) is 0.909. The number of rotatable bonds is 2. The number of carboxylic acid groups (broad SMARTS) is 1. The number of carbonyl (C=O) groups is 1. The second-order valence-corrected chi connectivity index (χ2v) is 5.48. The summed E-state index contributed by atoms with van der Waals surface area (Å²) < 4.78 is 0. The highest BCUT2D eigenvalue weighted by molar-refractivity contribution is 5.70. The summed E-state index contributed by atoms with van der Waals surface area (Å²) >= 11 is 0. The minimum Gasteiger partial charge on any atom is -0.481 e. The molecule has 3 nitrogen and oxygen atoms in total. The molecule has 0 aromatic rings. The zero-order chi connectivity index (χ0) is 10.8. The molecule has 0 aliphatic carbocycles. The van der Waals surface area contributed by atoms with Gasteiger partial charge in [-0.05, 0) is 31.2 Å². The molecule has 3 heteroatoms. The van der Waals surface area contributed by atoms with Gasteiger partial charge in [0.05, 0.1) is 5.92 Å². The molecular weight excluding hydrogens is 178 g/mol. The zero-order valence-corrected chi connectivity index (χ0v) is 9.34. The van der Waals surface area contributed by atoms with Crippen LogP contribution in [0.1, 0.15) is 40.0 Å². The fourth-order valence-corrected chi connectivity index (χ4v) is 2.13. The standard InChI is InChI=1S/C11H21NO2/c1-11(2,3)7-9-6-8(10(13)14)4-5-12-9/h8-9,12H,4-7H2,1-3H3,(H,13,14). The molecule has 0 spiro atoms. The van der Waals surface area contributed by atoms with Crippen LogP contribution in [-0.2, 0) is 4.79 Å². The first kappa shape index (κ1) is 11.5. The van der Waals surface area contributed by atoms with Gasteiger partial charge in [-0.3, -0.25) is 4.79 Å². The van der Waals surface area contributed by atoms with E-state index in [1.807, 2.05) is 0 Å². The molecule has 1 aliphatic rings. The Morgan fingerprint density at radius 2 is 2.14 bits per heavy atom. The molecule has 0 amide bonds. The second kappa shape index (κ2) is 4.30. The Morgan fingerprint density at radius 3 is 2.64 bits per heavy atom. The van der Waals surface area contributed by atoms with Crippen LogP contribution in [0.2, 0.25) is 0 Å². The number of carboxylic acids is 1. The van der Waals surface area contributed by atoms with E-state index >= 15 is 0 Å². The first-order valence-electron chi connectivity index (χ1n) is 5.35. The Kier molecular flexibility index (Phi) is 3.53. The van der Waals surface area contributed by atoms with E-state index in [4.69, 9.17) is 5.11 Å². The minimum absolute atomic E-state index is 0.136. The van der Waals surface area contributed by atoms with Crippen LogP contribution in [-0.4, -0.2) is 23.7 Å². The molecule has 1 fully saturated rings. The molecule has 82 valence electrons. The van der Waals surface area contributed by atoms with Crippen LogP contribution in [0.3, 0.4) is 0 Å². The summed E-state index contributed by atoms with van der Waals surface area (Å²) in [5.41, 5.74) is 0.276. The van der Waals surface area contributed by atoms with Crippen LogP contribution in [0.5, 0.6) is 0 Å². The van der Waals surface area contributed by atoms with Crippen molar-refractivity contribution in [3.8, 4) is 0 Å². The lowest BCUT2D eigenvalue weighted by Gasteiger charge is -2.32. The van der Waals surface area contributed by atoms with Crippen LogP contribution in [0.15, 0.2) is 0 Å². The van der Waals surface area contributed by atoms with Gasteiger partial charge in [-0.1, -0.05) is 20.8 Å². The number of aliphatic carboxylic acids is 1. The molecular formula is C11H21NO2. The second-order valence-electron chi connectivity index (χ2n) is 5.48. The van der Waals surface area contributed by atoms with Gasteiger partial charge in [-0.25, -0.2) is 0 Å². The maximum absolute atomic E-state index is 10.8. The zero-order valence-electron chi connectivity index (χ0n) is 9.34. The van der Waals surface area contributed by atoms with E-state index in [0.717, 1.165) is 25.8 Å². The van der Waals surface area contributed by atoms with Crippen molar-refractivity contribution in [3.63, 3.8) is 0 Å². The van der Waals surface area contributed by atoms with Crippen LogP contribution < -0.4 is 5.32 Å². The third-order valence-electron chi connectivity index (χ3n) is 2.70. The van der Waals surface area contributed by atoms with Gasteiger partial charge in [0.25, 0.3) is 0 Å². The maximum atomic E-state index is 10.8. The molecule has 0 radical (unpaired) electrons. The SMILES string of the molecule is CC(C)(C)CC1CC(C(=O)O)CCN1. The topological polar surface area (TPSA) is 49.3 Å². The lowest BCUT2D eigenvalue weighted by atomic mass is 9.82. The highest BCUT2D eigenvalue weighted by atomic mass is 16.4. The number of hydrogen-bond donors (Lipinski definition) is 2. The predicted molar refractivity (Wildman–Crippen MR) is 56.2 cm³/mol. The van der Waals surface area contributed by atoms with Crippen molar-refractivity contribution in [2.24, 2.45) is 11.3 Å². The fourth-order valence-electron chi connectivity index (χ4n) is 2.13. The third-order valence-corrected chi connectivity index (χ3v) is 2.70. The Morgan fingerprint density at radius 1 is 1.50 bits per heavy atom. The summed E-state index contributed by atoms with van der Waals surface area (Å²) in [5, 5.41) is 12.3. The first-order chi connectivity index (χ1) is 6.38. The molecule has 1 heterocycles. The lowest BCUT2D eigenvalue weighted by Crippen LogP contribution is -2.42. The lowest BCUT2D eigenvalue weighted by molar-refractivity contribution is -0.143. The van der Waals surface area contributed by atoms with Crippen LogP contribution in [0.25, 0.3) is 0 Å². The summed E-state index contributed by atoms with van der Waals surface area (Å²) in [6.07, 6.45) is 2.61. The van der Waals surface area contributed by atoms with E-state index in [-0.39, 0.29) is 11.3 Å². The third kappa shape index (κ3) is 3.66. The molecule has 1 rings (SSSR count). The van der Waals surface area contributed by atoms with E-state index in [9.17, 15) is 4.79 Å². The Labute approximate surface area is 85.9 Å². The Bertz CT molecular complexity index is 208. The van der Waals surface area contributed by atoms with Gasteiger partial charge in [-0.15, -0.1) is 0 Å². The van der Waals surface area contributed by atoms with Crippen molar-refractivity contribution < 1.29 is 9.90 Å². The summed E-state index contributed by atoms with van der Waals surface area (Å²) in [5.74, 6) is -0.769. The van der Waals surface area contributed by atoms with Crippen molar-refractivity contribution >= 4 is 5.97 Å². The molecule has 0 aromatic heterocycles. The highest BCUT2D eigenvalue weighted by Gasteiger charge is 2.28. The van der Waals surface area contributed by atoms with E-state index < -0.39 is 5.97 Å². The molecule has 1 saturated heterocycles. The average molecular weight is 199 g/mol. The normalized spacial score (nSPS) is 28.8. The largest absolute Gasteiger partial charge is 0.481 e. The number of piperidine rings is 1. The van der Waals surface area contributed by atoms with Gasteiger partial charge in [-0.2, -0.15) is 0 Å². The molecule has 0 saturated carbocycles. The maximum Gasteiger partial charge on any atom is 0.306 e. The summed E-state index contributed by atoms with van der Waals surface area (Å²) in [6.45, 7) is 7.43. The van der Waals surface area contributed by atoms with E-state index in [2.05, 4.69) is 26.1 Å². The Balaban J connectivity index is 2.44. The minimum atomic E-state index is -0.634. The molecule has 0 aromatic carbocycles. The summed E-state index contributed by atoms with van der Waals surface area (Å²) in [6, 6.07) is 0.379. The van der Waals surface area contributed by atoms with Gasteiger partial charge in [0, 0.05) is 6.04 Å². The van der Waals surface area contributed by atoms with Crippen molar-refractivity contribution in [1.29, 1.82) is 0 Å². The highest BCUT2D eigenvalue weighted by Crippen LogP contribution is 2.27. The van der Waals surface area contributed by atoms with Crippen molar-refractivity contribution in [2.45, 2.75) is 46.1 Å². The van der Waals surface area contributed by atoms with Gasteiger partial charge in [0.15, 0.2) is 0 Å². The van der Waals surface area contributed by atoms with E-state index in [1.54, 1.807) is 0 Å².